The number of hydrogen-bond acceptors (Lipinski definition) is 0. The molecule has 276 valence electrons. The average Bonchev–Trinajstić information content (AvgIpc) is 3.17. The molecule has 0 spiro atoms. The zero-order valence-electron chi connectivity index (χ0n) is 30.6. The fourth-order valence-corrected chi connectivity index (χ4v) is 140. The molecule has 1 heterocycles. The summed E-state index contributed by atoms with van der Waals surface area (Å²) in [5.41, 5.74) is 7.25. The van der Waals surface area contributed by atoms with E-state index in [0.29, 0.717) is 0 Å². The Morgan fingerprint density at radius 1 is 0.354 bits per heavy atom. The average molecular weight is 823 g/mol. The van der Waals surface area contributed by atoms with E-state index in [9.17, 15) is 19.4 Å². The van der Waals surface area contributed by atoms with E-state index in [4.69, 9.17) is 0 Å². The van der Waals surface area contributed by atoms with Gasteiger partial charge in [-0.05, 0) is 0 Å². The van der Waals surface area contributed by atoms with Crippen molar-refractivity contribution in [1.29, 1.82) is 0 Å². The molecule has 0 unspecified atom stereocenters. The molecule has 1 aliphatic heterocycles. The van der Waals surface area contributed by atoms with Gasteiger partial charge in [0.25, 0.3) is 0 Å². The zero-order chi connectivity index (χ0) is 32.8. The summed E-state index contributed by atoms with van der Waals surface area (Å²) in [4.78, 5) is -5.50. The Hall–Kier alpha value is 1.28. The first-order valence-electron chi connectivity index (χ1n) is 21.7. The Balaban J connectivity index is 1.54. The van der Waals surface area contributed by atoms with Crippen LogP contribution in [-0.4, -0.2) is 34.0 Å². The second kappa shape index (κ2) is 14.5. The SMILES string of the molecule is [Cl][Ru]1([Cl])[P](C2CCCCC2)(C2CCCCC2)(C2CCCCC2)C(c2ccccc2)[P]1(C1CCCCC1)(C1CCCCC1)C1CCCCC1. The summed E-state index contributed by atoms with van der Waals surface area (Å²) in [6.45, 7) is 0. The Bertz CT molecular complexity index is 1040. The summed E-state index contributed by atoms with van der Waals surface area (Å²) in [6.07, 6.45) is 44.5. The summed E-state index contributed by atoms with van der Waals surface area (Å²) in [5.74, 6) is 0. The fraction of sp³-hybridized carbons (Fsp3) is 0.860. The molecular weight excluding hydrogens is 750 g/mol. The molecule has 1 aromatic carbocycles. The number of halogens is 2. The third-order valence-electron chi connectivity index (χ3n) is 17.0. The van der Waals surface area contributed by atoms with Crippen molar-refractivity contribution in [3.63, 3.8) is 0 Å². The molecule has 5 heteroatoms. The van der Waals surface area contributed by atoms with Crippen LogP contribution in [0.25, 0.3) is 0 Å². The Kier molecular flexibility index (Phi) is 11.0. The predicted molar refractivity (Wildman–Crippen MR) is 216 cm³/mol. The predicted octanol–water partition coefficient (Wildman–Crippen LogP) is 16.1. The molecule has 0 bridgehead atoms. The van der Waals surface area contributed by atoms with Crippen LogP contribution in [0.4, 0.5) is 0 Å². The van der Waals surface area contributed by atoms with Crippen LogP contribution >= 0.6 is 29.3 Å². The van der Waals surface area contributed by atoms with E-state index in [1.807, 2.05) is 5.56 Å². The second-order valence-corrected chi connectivity index (χ2v) is 58.9. The number of benzene rings is 1. The van der Waals surface area contributed by atoms with Gasteiger partial charge in [-0.25, -0.2) is 0 Å². The van der Waals surface area contributed by atoms with Crippen LogP contribution in [0.2, 0.25) is 0 Å². The van der Waals surface area contributed by atoms with Crippen molar-refractivity contribution in [3.8, 4) is 0 Å². The molecule has 0 amide bonds. The van der Waals surface area contributed by atoms with Crippen LogP contribution in [0.1, 0.15) is 204 Å². The molecule has 6 saturated carbocycles. The van der Waals surface area contributed by atoms with E-state index < -0.39 is 21.7 Å². The normalized spacial score (nSPS) is 36.3. The molecule has 1 aromatic rings. The zero-order valence-corrected chi connectivity index (χ0v) is 35.7. The van der Waals surface area contributed by atoms with Crippen LogP contribution < -0.4 is 0 Å². The maximum atomic E-state index is 9.76. The quantitative estimate of drug-likeness (QED) is 0.190. The molecule has 7 aliphatic rings. The third-order valence-corrected chi connectivity index (χ3v) is 97.1. The van der Waals surface area contributed by atoms with Crippen molar-refractivity contribution in [2.75, 3.05) is 0 Å². The van der Waals surface area contributed by atoms with E-state index in [1.54, 1.807) is 0 Å². The molecule has 6 aliphatic carbocycles. The molecule has 0 atom stereocenters. The van der Waals surface area contributed by atoms with E-state index in [2.05, 4.69) is 30.3 Å². The number of hydrogen-bond donors (Lipinski definition) is 0. The summed E-state index contributed by atoms with van der Waals surface area (Å²) >= 11 is -3.42. The molecule has 1 saturated heterocycles. The van der Waals surface area contributed by atoms with E-state index in [-0.39, 0.29) is 0 Å². The van der Waals surface area contributed by atoms with Crippen LogP contribution in [0, 0.1) is 0 Å². The van der Waals surface area contributed by atoms with Gasteiger partial charge in [0, 0.05) is 0 Å². The molecule has 0 radical (unpaired) electrons. The Morgan fingerprint density at radius 3 is 0.812 bits per heavy atom. The first-order valence-corrected chi connectivity index (χ1v) is 35.7. The van der Waals surface area contributed by atoms with Crippen LogP contribution in [0.15, 0.2) is 30.3 Å². The molecule has 0 nitrogen and oxygen atoms in total. The second-order valence-electron chi connectivity index (χ2n) is 18.4. The molecule has 0 aromatic heterocycles. The molecular formula is C43H72Cl2P2Ru. The molecule has 48 heavy (non-hydrogen) atoms. The van der Waals surface area contributed by atoms with Crippen molar-refractivity contribution in [2.24, 2.45) is 0 Å². The first kappa shape index (κ1) is 36.3. The summed E-state index contributed by atoms with van der Waals surface area (Å²) in [5, 5.41) is 0.841. The van der Waals surface area contributed by atoms with Crippen molar-refractivity contribution in [1.82, 2.24) is 0 Å². The van der Waals surface area contributed by atoms with Gasteiger partial charge in [-0.2, -0.15) is 0 Å². The topological polar surface area (TPSA) is 0 Å². The molecule has 0 N–H and O–H groups in total. The van der Waals surface area contributed by atoms with E-state index >= 15 is 0 Å². The molecule has 8 rings (SSSR count). The van der Waals surface area contributed by atoms with Gasteiger partial charge in [-0.3, -0.25) is 0 Å². The number of rotatable bonds is 7. The van der Waals surface area contributed by atoms with E-state index in [0.717, 1.165) is 39.4 Å². The van der Waals surface area contributed by atoms with Crippen LogP contribution in [-0.2, 0) is 11.8 Å². The Morgan fingerprint density at radius 2 is 0.583 bits per heavy atom. The van der Waals surface area contributed by atoms with Crippen molar-refractivity contribution in [2.45, 2.75) is 232 Å². The van der Waals surface area contributed by atoms with Gasteiger partial charge in [0.2, 0.25) is 0 Å². The summed E-state index contributed by atoms with van der Waals surface area (Å²) < 4.78 is 0. The van der Waals surface area contributed by atoms with Crippen molar-refractivity contribution < 1.29 is 11.8 Å². The first-order chi connectivity index (χ1) is 23.6. The van der Waals surface area contributed by atoms with Crippen molar-refractivity contribution >= 4 is 29.3 Å². The van der Waals surface area contributed by atoms with Gasteiger partial charge in [-0.1, -0.05) is 0 Å². The standard InChI is InChI=1S/C43H72P2.2ClH.Ru/c1-8-22-36(23-9-1)43(44(37-24-10-2-11-25-37,38-26-12-3-13-27-38)39-28-14-4-15-29-39)45(40-30-16-5-17-31-40,41-32-18-6-19-33-41)42-34-20-7-21-35-42;;;/h1,8-9,22-23,37-43H,2-7,10-21,24-35H2;2*1H;/q+2;;;/p-2. The van der Waals surface area contributed by atoms with Gasteiger partial charge in [0.1, 0.15) is 0 Å². The van der Waals surface area contributed by atoms with Crippen LogP contribution in [0.3, 0.4) is 0 Å². The van der Waals surface area contributed by atoms with E-state index in [1.165, 1.54) is 193 Å². The Labute approximate surface area is 307 Å². The van der Waals surface area contributed by atoms with Gasteiger partial charge < -0.3 is 0 Å². The monoisotopic (exact) mass is 822 g/mol. The van der Waals surface area contributed by atoms with Gasteiger partial charge in [-0.15, -0.1) is 0 Å². The van der Waals surface area contributed by atoms with Gasteiger partial charge >= 0.3 is 309 Å². The summed E-state index contributed by atoms with van der Waals surface area (Å²) in [6, 6.07) is 12.9. The minimum absolute atomic E-state index is 0.841. The van der Waals surface area contributed by atoms with Crippen LogP contribution in [0.5, 0.6) is 0 Å². The van der Waals surface area contributed by atoms with Gasteiger partial charge in [0.05, 0.1) is 0 Å². The minimum atomic E-state index is -3.42. The summed E-state index contributed by atoms with van der Waals surface area (Å²) in [7, 11) is 19.5. The van der Waals surface area contributed by atoms with Crippen molar-refractivity contribution in [3.05, 3.63) is 35.9 Å². The maximum absolute atomic E-state index is 9.76. The van der Waals surface area contributed by atoms with Gasteiger partial charge in [0.15, 0.2) is 0 Å². The third kappa shape index (κ3) is 4.55. The fourth-order valence-electron chi connectivity index (χ4n) is 15.9. The molecule has 7 fully saturated rings.